The Labute approximate surface area is 251 Å². The van der Waals surface area contributed by atoms with Gasteiger partial charge in [0.05, 0.1) is 22.1 Å². The van der Waals surface area contributed by atoms with Crippen LogP contribution in [0.4, 0.5) is 0 Å². The number of rotatable bonds is 2. The van der Waals surface area contributed by atoms with Crippen LogP contribution < -0.4 is 0 Å². The van der Waals surface area contributed by atoms with Crippen molar-refractivity contribution in [2.75, 3.05) is 0 Å². The number of para-hydroxylation sites is 3. The van der Waals surface area contributed by atoms with Gasteiger partial charge in [-0.3, -0.25) is 0 Å². The number of aromatic nitrogens is 2. The van der Waals surface area contributed by atoms with Gasteiger partial charge in [-0.1, -0.05) is 84.9 Å². The Bertz CT molecular complexity index is 2720. The van der Waals surface area contributed by atoms with E-state index in [1.165, 1.54) is 85.9 Å². The third kappa shape index (κ3) is 3.17. The minimum absolute atomic E-state index is 1.18. The number of hydrogen-bond donors (Lipinski definition) is 0. The fourth-order valence-corrected chi connectivity index (χ4v) is 8.41. The first-order valence-corrected chi connectivity index (χ1v) is 15.5. The van der Waals surface area contributed by atoms with Gasteiger partial charge in [0, 0.05) is 53.1 Å². The molecule has 200 valence electrons. The van der Waals surface area contributed by atoms with Crippen LogP contribution in [-0.4, -0.2) is 9.13 Å². The van der Waals surface area contributed by atoms with Crippen LogP contribution >= 0.6 is 11.3 Å². The Balaban J connectivity index is 1.30. The molecular formula is C40H24N2S. The lowest BCUT2D eigenvalue weighted by atomic mass is 10.1. The van der Waals surface area contributed by atoms with Crippen molar-refractivity contribution in [3.05, 3.63) is 146 Å². The molecule has 2 nitrogen and oxygen atoms in total. The Morgan fingerprint density at radius 3 is 1.60 bits per heavy atom. The van der Waals surface area contributed by atoms with E-state index in [-0.39, 0.29) is 0 Å². The predicted octanol–water partition coefficient (Wildman–Crippen LogP) is 11.4. The van der Waals surface area contributed by atoms with E-state index in [1.807, 2.05) is 11.3 Å². The topological polar surface area (TPSA) is 9.86 Å². The molecule has 0 atom stereocenters. The summed E-state index contributed by atoms with van der Waals surface area (Å²) < 4.78 is 7.52. The Morgan fingerprint density at radius 2 is 0.907 bits per heavy atom. The molecule has 3 heteroatoms. The lowest BCUT2D eigenvalue weighted by Gasteiger charge is -2.09. The van der Waals surface area contributed by atoms with Crippen molar-refractivity contribution in [3.8, 4) is 11.4 Å². The summed E-state index contributed by atoms with van der Waals surface area (Å²) in [5.74, 6) is 0. The highest BCUT2D eigenvalue weighted by molar-refractivity contribution is 7.25. The fourth-order valence-electron chi connectivity index (χ4n) is 7.24. The van der Waals surface area contributed by atoms with E-state index >= 15 is 0 Å². The minimum atomic E-state index is 1.18. The quantitative estimate of drug-likeness (QED) is 0.198. The number of benzene rings is 7. The van der Waals surface area contributed by atoms with Gasteiger partial charge in [-0.2, -0.15) is 0 Å². The Kier molecular flexibility index (Phi) is 4.63. The zero-order chi connectivity index (χ0) is 28.1. The van der Waals surface area contributed by atoms with Crippen LogP contribution in [0.5, 0.6) is 0 Å². The lowest BCUT2D eigenvalue weighted by molar-refractivity contribution is 1.17. The average Bonchev–Trinajstić information content (AvgIpc) is 3.70. The SMILES string of the molecule is c1ccc(-n2c3ccccc3c3c4c5ccccc5n(-c5ccc6c(c5)sc5cc7ccccc7cc56)c4ccc32)cc1. The largest absolute Gasteiger partial charge is 0.309 e. The highest BCUT2D eigenvalue weighted by Gasteiger charge is 2.20. The molecule has 0 aliphatic rings. The molecule has 0 aliphatic carbocycles. The standard InChI is InChI=1S/C40H24N2S/c1-2-12-27(13-3-1)41-33-16-8-6-14-30(33)39-35(41)20-21-36-40(39)31-15-7-9-17-34(31)42(36)28-18-19-29-32-22-25-10-4-5-11-26(25)23-37(32)43-38(29)24-28/h1-24H. The van der Waals surface area contributed by atoms with Crippen molar-refractivity contribution >= 4 is 85.9 Å². The normalized spacial score (nSPS) is 12.2. The molecule has 10 rings (SSSR count). The maximum absolute atomic E-state index is 2.46. The first-order chi connectivity index (χ1) is 21.3. The van der Waals surface area contributed by atoms with Gasteiger partial charge in [0.15, 0.2) is 0 Å². The van der Waals surface area contributed by atoms with Crippen molar-refractivity contribution in [3.63, 3.8) is 0 Å². The van der Waals surface area contributed by atoms with Crippen LogP contribution in [0.2, 0.25) is 0 Å². The Hall–Kier alpha value is -5.38. The van der Waals surface area contributed by atoms with Crippen molar-refractivity contribution in [2.45, 2.75) is 0 Å². The smallest absolute Gasteiger partial charge is 0.0548 e. The fraction of sp³-hybridized carbons (Fsp3) is 0. The second-order valence-corrected chi connectivity index (χ2v) is 12.5. The molecule has 0 amide bonds. The molecule has 3 aromatic heterocycles. The van der Waals surface area contributed by atoms with Crippen LogP contribution in [0, 0.1) is 0 Å². The molecule has 0 N–H and O–H groups in total. The van der Waals surface area contributed by atoms with Gasteiger partial charge in [0.25, 0.3) is 0 Å². The molecule has 0 bridgehead atoms. The molecule has 0 unspecified atom stereocenters. The maximum atomic E-state index is 2.46. The van der Waals surface area contributed by atoms with E-state index < -0.39 is 0 Å². The highest BCUT2D eigenvalue weighted by Crippen LogP contribution is 2.43. The summed E-state index contributed by atoms with van der Waals surface area (Å²) in [4.78, 5) is 0. The second kappa shape index (κ2) is 8.57. The maximum Gasteiger partial charge on any atom is 0.0548 e. The number of hydrogen-bond acceptors (Lipinski definition) is 1. The first-order valence-electron chi connectivity index (χ1n) is 14.7. The van der Waals surface area contributed by atoms with Crippen LogP contribution in [0.3, 0.4) is 0 Å². The van der Waals surface area contributed by atoms with E-state index in [2.05, 4.69) is 155 Å². The Morgan fingerprint density at radius 1 is 0.349 bits per heavy atom. The van der Waals surface area contributed by atoms with Crippen molar-refractivity contribution in [1.82, 2.24) is 9.13 Å². The van der Waals surface area contributed by atoms with Gasteiger partial charge < -0.3 is 9.13 Å². The molecule has 7 aromatic carbocycles. The molecular weight excluding hydrogens is 541 g/mol. The van der Waals surface area contributed by atoms with Crippen LogP contribution in [0.15, 0.2) is 146 Å². The van der Waals surface area contributed by atoms with Gasteiger partial charge in [-0.25, -0.2) is 0 Å². The van der Waals surface area contributed by atoms with Gasteiger partial charge in [0.2, 0.25) is 0 Å². The molecule has 0 spiro atoms. The minimum Gasteiger partial charge on any atom is -0.309 e. The molecule has 0 fully saturated rings. The zero-order valence-corrected chi connectivity index (χ0v) is 24.0. The van der Waals surface area contributed by atoms with Gasteiger partial charge in [-0.15, -0.1) is 11.3 Å². The molecule has 0 aliphatic heterocycles. The first kappa shape index (κ1) is 23.2. The van der Waals surface area contributed by atoms with E-state index in [1.54, 1.807) is 0 Å². The van der Waals surface area contributed by atoms with Crippen molar-refractivity contribution < 1.29 is 0 Å². The van der Waals surface area contributed by atoms with Gasteiger partial charge in [0.1, 0.15) is 0 Å². The van der Waals surface area contributed by atoms with Gasteiger partial charge >= 0.3 is 0 Å². The number of thiophene rings is 1. The molecule has 10 aromatic rings. The summed E-state index contributed by atoms with van der Waals surface area (Å²) in [5, 5.41) is 10.4. The van der Waals surface area contributed by atoms with Crippen molar-refractivity contribution in [1.29, 1.82) is 0 Å². The van der Waals surface area contributed by atoms with E-state index in [0.717, 1.165) is 0 Å². The second-order valence-electron chi connectivity index (χ2n) is 11.4. The summed E-state index contributed by atoms with van der Waals surface area (Å²) in [5.41, 5.74) is 7.30. The van der Waals surface area contributed by atoms with Gasteiger partial charge in [-0.05, 0) is 71.4 Å². The summed E-state index contributed by atoms with van der Waals surface area (Å²) >= 11 is 1.89. The van der Waals surface area contributed by atoms with Crippen LogP contribution in [0.25, 0.3) is 85.9 Å². The van der Waals surface area contributed by atoms with E-state index in [9.17, 15) is 0 Å². The van der Waals surface area contributed by atoms with E-state index in [4.69, 9.17) is 0 Å². The molecule has 0 saturated carbocycles. The molecule has 0 radical (unpaired) electrons. The van der Waals surface area contributed by atoms with Crippen LogP contribution in [0.1, 0.15) is 0 Å². The summed E-state index contributed by atoms with van der Waals surface area (Å²) in [6.07, 6.45) is 0. The third-order valence-electron chi connectivity index (χ3n) is 9.07. The summed E-state index contributed by atoms with van der Waals surface area (Å²) in [6.45, 7) is 0. The average molecular weight is 565 g/mol. The molecule has 43 heavy (non-hydrogen) atoms. The molecule has 3 heterocycles. The number of nitrogens with zero attached hydrogens (tertiary/aromatic N) is 2. The van der Waals surface area contributed by atoms with Crippen molar-refractivity contribution in [2.24, 2.45) is 0 Å². The predicted molar refractivity (Wildman–Crippen MR) is 186 cm³/mol. The van der Waals surface area contributed by atoms with Crippen LogP contribution in [-0.2, 0) is 0 Å². The lowest BCUT2D eigenvalue weighted by Crippen LogP contribution is -1.94. The molecule has 0 saturated heterocycles. The monoisotopic (exact) mass is 564 g/mol. The number of fused-ring (bicyclic) bond motifs is 11. The highest BCUT2D eigenvalue weighted by atomic mass is 32.1. The zero-order valence-electron chi connectivity index (χ0n) is 23.2. The van der Waals surface area contributed by atoms with E-state index in [0.29, 0.717) is 0 Å². The summed E-state index contributed by atoms with van der Waals surface area (Å²) in [7, 11) is 0. The summed E-state index contributed by atoms with van der Waals surface area (Å²) in [6, 6.07) is 53.4. The third-order valence-corrected chi connectivity index (χ3v) is 10.2.